The van der Waals surface area contributed by atoms with Crippen LogP contribution in [0.2, 0.25) is 20.1 Å². The number of nitrogens with zero attached hydrogens (tertiary/aromatic N) is 2. The Morgan fingerprint density at radius 1 is 0.615 bits per heavy atom. The van der Waals surface area contributed by atoms with Gasteiger partial charge in [-0.05, 0) is 48.5 Å². The predicted molar refractivity (Wildman–Crippen MR) is 153 cm³/mol. The van der Waals surface area contributed by atoms with Crippen LogP contribution in [-0.4, -0.2) is 49.2 Å². The normalized spacial score (nSPS) is 10.5. The Morgan fingerprint density at radius 2 is 0.949 bits per heavy atom. The van der Waals surface area contributed by atoms with Gasteiger partial charge in [0.15, 0.2) is 0 Å². The summed E-state index contributed by atoms with van der Waals surface area (Å²) in [5.41, 5.74) is 1.15. The number of likely N-dealkylation sites (N-methyl/N-ethyl adjacent to an activating group) is 2. The largest absolute Gasteiger partial charge is 4.00 e. The first kappa shape index (κ1) is 40.9. The molecule has 218 valence electrons. The van der Waals surface area contributed by atoms with Crippen molar-refractivity contribution in [1.82, 2.24) is 9.80 Å². The molecule has 6 nitrogen and oxygen atoms in total. The number of hydrogen-bond acceptors (Lipinski definition) is 6. The van der Waals surface area contributed by atoms with E-state index >= 15 is 0 Å². The van der Waals surface area contributed by atoms with Crippen LogP contribution in [0.1, 0.15) is 64.5 Å². The number of halogens is 4. The third-order valence-electron chi connectivity index (χ3n) is 5.58. The van der Waals surface area contributed by atoms with E-state index in [1.54, 1.807) is 12.1 Å². The van der Waals surface area contributed by atoms with Crippen molar-refractivity contribution in [3.63, 3.8) is 0 Å². The van der Waals surface area contributed by atoms with Gasteiger partial charge in [0.2, 0.25) is 0 Å². The van der Waals surface area contributed by atoms with Crippen LogP contribution in [0.15, 0.2) is 24.3 Å². The maximum absolute atomic E-state index is 12.2. The van der Waals surface area contributed by atoms with Gasteiger partial charge in [-0.15, -0.1) is 13.2 Å². The van der Waals surface area contributed by atoms with Gasteiger partial charge in [0.05, 0.1) is 0 Å². The molecule has 2 aromatic carbocycles. The zero-order valence-corrected chi connectivity index (χ0v) is 27.9. The zero-order chi connectivity index (χ0) is 29.1. The molecule has 0 radical (unpaired) electrons. The fraction of sp³-hybridized carbons (Fsp3) is 0.571. The average molecular weight is 658 g/mol. The summed E-state index contributed by atoms with van der Waals surface area (Å²) in [6, 6.07) is 6.24. The van der Waals surface area contributed by atoms with Crippen molar-refractivity contribution < 1.29 is 42.1 Å². The molecule has 0 bridgehead atoms. The maximum atomic E-state index is 12.2. The molecular weight excluding hydrogens is 618 g/mol. The van der Waals surface area contributed by atoms with Crippen LogP contribution >= 0.6 is 46.4 Å². The van der Waals surface area contributed by atoms with Gasteiger partial charge < -0.3 is 20.4 Å². The van der Waals surface area contributed by atoms with E-state index in [0.29, 0.717) is 34.3 Å². The Morgan fingerprint density at radius 3 is 1.18 bits per heavy atom. The first-order chi connectivity index (χ1) is 18.1. The van der Waals surface area contributed by atoms with Gasteiger partial charge >= 0.3 is 21.7 Å². The molecule has 0 aromatic heterocycles. The Labute approximate surface area is 269 Å². The summed E-state index contributed by atoms with van der Waals surface area (Å²) in [5, 5.41) is 44.7. The fourth-order valence-corrected chi connectivity index (χ4v) is 4.28. The summed E-state index contributed by atoms with van der Waals surface area (Å²) in [6.07, 6.45) is 3.73. The molecule has 11 heteroatoms. The molecule has 39 heavy (non-hydrogen) atoms. The molecule has 0 saturated heterocycles. The molecule has 0 aliphatic rings. The fourth-order valence-electron chi connectivity index (χ4n) is 3.21. The predicted octanol–water partition coefficient (Wildman–Crippen LogP) is 5.08. The van der Waals surface area contributed by atoms with E-state index in [9.17, 15) is 20.4 Å². The summed E-state index contributed by atoms with van der Waals surface area (Å²) in [6.45, 7) is 12.1. The third-order valence-corrected chi connectivity index (χ3v) is 6.58. The van der Waals surface area contributed by atoms with Crippen molar-refractivity contribution >= 4 is 46.4 Å². The molecule has 0 spiro atoms. The van der Waals surface area contributed by atoms with Gasteiger partial charge in [0.25, 0.3) is 0 Å². The SMILES string of the molecule is CCCC[O-].CCCC[O-].CCN(CCN(CC)Cc1cc(Cl)cc(Cl)c1[O-])Cc1cc(Cl)cc(Cl)c1[O-].[Ti+4]. The van der Waals surface area contributed by atoms with Crippen LogP contribution < -0.4 is 20.4 Å². The van der Waals surface area contributed by atoms with Gasteiger partial charge in [-0.1, -0.05) is 111 Å². The Kier molecular flexibility index (Phi) is 25.5. The topological polar surface area (TPSA) is 98.7 Å². The van der Waals surface area contributed by atoms with Crippen LogP contribution in [-0.2, 0) is 34.8 Å². The van der Waals surface area contributed by atoms with Gasteiger partial charge in [0, 0.05) is 46.3 Å². The number of unbranched alkanes of at least 4 members (excludes halogenated alkanes) is 2. The molecule has 0 heterocycles. The maximum Gasteiger partial charge on any atom is 4.00 e. The minimum Gasteiger partial charge on any atom is -0.871 e. The molecule has 0 aliphatic heterocycles. The molecule has 2 rings (SSSR count). The van der Waals surface area contributed by atoms with Crippen molar-refractivity contribution in [2.75, 3.05) is 39.4 Å². The second-order valence-corrected chi connectivity index (χ2v) is 10.3. The summed E-state index contributed by atoms with van der Waals surface area (Å²) in [4.78, 5) is 4.27. The van der Waals surface area contributed by atoms with E-state index in [2.05, 4.69) is 9.80 Å². The van der Waals surface area contributed by atoms with E-state index in [1.165, 1.54) is 12.1 Å². The minimum atomic E-state index is -0.193. The van der Waals surface area contributed by atoms with Crippen molar-refractivity contribution in [2.24, 2.45) is 0 Å². The van der Waals surface area contributed by atoms with E-state index in [0.717, 1.165) is 51.9 Å². The van der Waals surface area contributed by atoms with Crippen molar-refractivity contribution in [2.45, 2.75) is 66.5 Å². The van der Waals surface area contributed by atoms with Crippen molar-refractivity contribution in [3.05, 3.63) is 55.5 Å². The Balaban J connectivity index is 0. The van der Waals surface area contributed by atoms with Crippen molar-refractivity contribution in [1.29, 1.82) is 0 Å². The van der Waals surface area contributed by atoms with Gasteiger partial charge in [-0.2, -0.15) is 0 Å². The first-order valence-corrected chi connectivity index (χ1v) is 14.5. The van der Waals surface area contributed by atoms with Crippen LogP contribution in [0.4, 0.5) is 0 Å². The summed E-state index contributed by atoms with van der Waals surface area (Å²) in [5.74, 6) is -0.386. The third kappa shape index (κ3) is 17.3. The molecule has 0 fully saturated rings. The first-order valence-electron chi connectivity index (χ1n) is 13.0. The summed E-state index contributed by atoms with van der Waals surface area (Å²) >= 11 is 24.0. The molecule has 0 aliphatic carbocycles. The smallest absolute Gasteiger partial charge is 0.871 e. The van der Waals surface area contributed by atoms with E-state index in [4.69, 9.17) is 46.4 Å². The Hall–Kier alpha value is -0.246. The number of benzene rings is 2. The van der Waals surface area contributed by atoms with Crippen LogP contribution in [0, 0.1) is 0 Å². The van der Waals surface area contributed by atoms with Crippen LogP contribution in [0.3, 0.4) is 0 Å². The second kappa shape index (κ2) is 24.4. The summed E-state index contributed by atoms with van der Waals surface area (Å²) < 4.78 is 0. The zero-order valence-electron chi connectivity index (χ0n) is 23.3. The second-order valence-electron chi connectivity index (χ2n) is 8.60. The van der Waals surface area contributed by atoms with Crippen molar-refractivity contribution in [3.8, 4) is 11.5 Å². The van der Waals surface area contributed by atoms with Crippen LogP contribution in [0.25, 0.3) is 0 Å². The summed E-state index contributed by atoms with van der Waals surface area (Å²) in [7, 11) is 0. The monoisotopic (exact) mass is 656 g/mol. The van der Waals surface area contributed by atoms with Gasteiger partial charge in [0.1, 0.15) is 0 Å². The minimum absolute atomic E-state index is 0. The molecule has 0 N–H and O–H groups in total. The molecule has 0 atom stereocenters. The molecule has 0 amide bonds. The number of hydrogen-bond donors (Lipinski definition) is 0. The van der Waals surface area contributed by atoms with Gasteiger partial charge in [-0.25, -0.2) is 0 Å². The van der Waals surface area contributed by atoms with E-state index < -0.39 is 0 Å². The molecular formula is C28H40Cl4N2O4Ti. The molecule has 0 saturated carbocycles. The quantitative estimate of drug-likeness (QED) is 0.279. The molecule has 2 aromatic rings. The standard InChI is InChI=1S/C20H24Cl4N2O2.2C4H9O.Ti/c1-3-25(11-13-7-15(21)9-17(23)19(13)27)5-6-26(4-2)12-14-8-16(22)10-18(24)20(14)28;2*1-2-3-4-5;/h7-10,27-28H,3-6,11-12H2,1-2H3;2*2-4H2,1H3;/q;2*-1;+4/p-2. The number of rotatable bonds is 13. The Bertz CT molecular complexity index is 848. The van der Waals surface area contributed by atoms with E-state index in [-0.39, 0.29) is 56.5 Å². The van der Waals surface area contributed by atoms with Gasteiger partial charge in [-0.3, -0.25) is 9.80 Å². The van der Waals surface area contributed by atoms with E-state index in [1.807, 2.05) is 27.7 Å². The van der Waals surface area contributed by atoms with Crippen LogP contribution in [0.5, 0.6) is 11.5 Å². The average Bonchev–Trinajstić information content (AvgIpc) is 2.88. The molecule has 0 unspecified atom stereocenters.